The van der Waals surface area contributed by atoms with Crippen molar-refractivity contribution in [3.05, 3.63) is 71.8 Å². The number of carbonyl (C=O) groups is 4. The predicted molar refractivity (Wildman–Crippen MR) is 159 cm³/mol. The molecule has 3 aromatic carbocycles. The fourth-order valence-electron chi connectivity index (χ4n) is 4.66. The van der Waals surface area contributed by atoms with E-state index in [2.05, 4.69) is 17.6 Å². The third-order valence-corrected chi connectivity index (χ3v) is 6.63. The lowest BCUT2D eigenvalue weighted by Crippen LogP contribution is -2.32. The Bertz CT molecular complexity index is 1180. The molecule has 0 saturated heterocycles. The molecule has 3 N–H and O–H groups in total. The van der Waals surface area contributed by atoms with Crippen LogP contribution >= 0.6 is 0 Å². The Balaban J connectivity index is 0.00000181. The van der Waals surface area contributed by atoms with Crippen molar-refractivity contribution in [3.8, 4) is 0 Å². The van der Waals surface area contributed by atoms with E-state index in [4.69, 9.17) is 9.59 Å². The van der Waals surface area contributed by atoms with Crippen LogP contribution in [0.2, 0.25) is 0 Å². The average molecular weight is 535 g/mol. The molecule has 2 atom stereocenters. The second-order valence-electron chi connectivity index (χ2n) is 9.28. The minimum Gasteiger partial charge on any atom is -0.396 e. The molecule has 0 aromatic heterocycles. The molecule has 7 heteroatoms. The van der Waals surface area contributed by atoms with Crippen molar-refractivity contribution in [2.24, 2.45) is 5.92 Å². The van der Waals surface area contributed by atoms with Crippen LogP contribution in [0.1, 0.15) is 68.3 Å². The number of hydrogen-bond acceptors (Lipinski definition) is 6. The summed E-state index contributed by atoms with van der Waals surface area (Å²) in [5.74, 6) is 0.130. The van der Waals surface area contributed by atoms with Crippen LogP contribution in [0.15, 0.2) is 60.7 Å². The molecule has 0 spiro atoms. The molecule has 0 saturated carbocycles. The summed E-state index contributed by atoms with van der Waals surface area (Å²) in [6.07, 6.45) is 4.51. The van der Waals surface area contributed by atoms with Crippen molar-refractivity contribution in [1.29, 1.82) is 0 Å². The first-order valence-corrected chi connectivity index (χ1v) is 13.3. The van der Waals surface area contributed by atoms with Gasteiger partial charge in [-0.05, 0) is 49.9 Å². The molecule has 210 valence electrons. The van der Waals surface area contributed by atoms with E-state index < -0.39 is 0 Å². The molecule has 1 unspecified atom stereocenters. The van der Waals surface area contributed by atoms with Crippen molar-refractivity contribution in [2.45, 2.75) is 65.3 Å². The fourth-order valence-corrected chi connectivity index (χ4v) is 4.66. The van der Waals surface area contributed by atoms with E-state index in [1.54, 1.807) is 0 Å². The zero-order chi connectivity index (χ0) is 29.2. The molecule has 1 amide bonds. The van der Waals surface area contributed by atoms with Gasteiger partial charge in [0.25, 0.3) is 5.91 Å². The van der Waals surface area contributed by atoms with Gasteiger partial charge in [0.15, 0.2) is 0 Å². The van der Waals surface area contributed by atoms with Gasteiger partial charge in [0.05, 0.1) is 0 Å². The van der Waals surface area contributed by atoms with Gasteiger partial charge in [-0.25, -0.2) is 0 Å². The second-order valence-corrected chi connectivity index (χ2v) is 9.28. The summed E-state index contributed by atoms with van der Waals surface area (Å²) in [5.41, 5.74) is 3.31. The largest absolute Gasteiger partial charge is 0.396 e. The van der Waals surface area contributed by atoms with E-state index in [0.717, 1.165) is 47.0 Å². The normalized spacial score (nSPS) is 11.7. The Morgan fingerprint density at radius 3 is 1.97 bits per heavy atom. The van der Waals surface area contributed by atoms with Crippen molar-refractivity contribution >= 4 is 47.4 Å². The zero-order valence-corrected chi connectivity index (χ0v) is 23.4. The first-order valence-electron chi connectivity index (χ1n) is 13.3. The van der Waals surface area contributed by atoms with Gasteiger partial charge >= 0.3 is 0 Å². The van der Waals surface area contributed by atoms with Gasteiger partial charge in [-0.3, -0.25) is 9.59 Å². The minimum absolute atomic E-state index is 0.00467. The highest BCUT2D eigenvalue weighted by molar-refractivity contribution is 6.11. The lowest BCUT2D eigenvalue weighted by molar-refractivity contribution is -0.119. The summed E-state index contributed by atoms with van der Waals surface area (Å²) in [6.45, 7) is 10.1. The maximum atomic E-state index is 12.9. The topological polar surface area (TPSA) is 113 Å². The molecule has 3 aromatic rings. The highest BCUT2D eigenvalue weighted by Crippen LogP contribution is 2.32. The zero-order valence-electron chi connectivity index (χ0n) is 23.4. The van der Waals surface area contributed by atoms with E-state index in [-0.39, 0.29) is 30.3 Å². The quantitative estimate of drug-likeness (QED) is 0.235. The fraction of sp³-hybridized carbons (Fsp3) is 0.375. The summed E-state index contributed by atoms with van der Waals surface area (Å²) < 4.78 is 0. The number of aliphatic hydroxyl groups excluding tert-OH is 1. The number of anilines is 2. The molecule has 0 radical (unpaired) electrons. The number of aliphatic hydroxyl groups is 1. The maximum absolute atomic E-state index is 12.9. The first-order chi connectivity index (χ1) is 19.0. The Hall–Kier alpha value is -3.84. The smallest absolute Gasteiger partial charge is 0.255 e. The van der Waals surface area contributed by atoms with Crippen LogP contribution in [0.5, 0.6) is 0 Å². The average Bonchev–Trinajstić information content (AvgIpc) is 2.97. The van der Waals surface area contributed by atoms with Gasteiger partial charge in [-0.1, -0.05) is 62.7 Å². The predicted octanol–water partition coefficient (Wildman–Crippen LogP) is 6.37. The van der Waals surface area contributed by atoms with Gasteiger partial charge in [0.1, 0.15) is 19.4 Å². The van der Waals surface area contributed by atoms with E-state index in [1.807, 2.05) is 88.1 Å². The van der Waals surface area contributed by atoms with Gasteiger partial charge < -0.3 is 25.3 Å². The molecular weight excluding hydrogens is 492 g/mol. The van der Waals surface area contributed by atoms with Crippen LogP contribution < -0.4 is 10.6 Å². The Morgan fingerprint density at radius 1 is 0.795 bits per heavy atom. The highest BCUT2D eigenvalue weighted by Gasteiger charge is 2.22. The number of ketones is 1. The minimum atomic E-state index is -0.130. The number of benzene rings is 3. The Labute approximate surface area is 232 Å². The van der Waals surface area contributed by atoms with Crippen LogP contribution in [0.3, 0.4) is 0 Å². The summed E-state index contributed by atoms with van der Waals surface area (Å²) in [5, 5.41) is 18.8. The van der Waals surface area contributed by atoms with Crippen LogP contribution in [0, 0.1) is 12.8 Å². The molecule has 0 aliphatic rings. The molecule has 3 rings (SSSR count). The number of aryl methyl sites for hydroxylation is 1. The standard InChI is InChI=1S/C30H38N2O3.2CH2O/c1-4-10-23(34)17-16-22(20-33)27(11-5-2)31-28-18-19-29(26-15-9-8-14-25(26)28)32-30(35)24-13-7-6-12-21(24)3;2*1-2/h6-9,12-15,18-19,22,27,31,33H,4-5,10-11,16-17,20H2,1-3H3,(H,32,35);2*1H2/t22-,27?;;/m0../s1. The molecule has 0 fully saturated rings. The van der Waals surface area contributed by atoms with Crippen molar-refractivity contribution in [2.75, 3.05) is 17.2 Å². The molecular formula is C32H42N2O5. The van der Waals surface area contributed by atoms with Crippen LogP contribution in [-0.2, 0) is 14.4 Å². The number of Topliss-reactive ketones (excluding diaryl/α,β-unsaturated/α-hetero) is 1. The highest BCUT2D eigenvalue weighted by atomic mass is 16.3. The van der Waals surface area contributed by atoms with E-state index >= 15 is 0 Å². The maximum Gasteiger partial charge on any atom is 0.255 e. The van der Waals surface area contributed by atoms with Crippen LogP contribution in [0.4, 0.5) is 11.4 Å². The monoisotopic (exact) mass is 534 g/mol. The summed E-state index contributed by atoms with van der Waals surface area (Å²) in [7, 11) is 0. The number of rotatable bonds is 13. The van der Waals surface area contributed by atoms with Gasteiger partial charge in [-0.15, -0.1) is 0 Å². The van der Waals surface area contributed by atoms with Crippen molar-refractivity contribution in [3.63, 3.8) is 0 Å². The molecule has 0 bridgehead atoms. The van der Waals surface area contributed by atoms with Gasteiger partial charge in [0.2, 0.25) is 0 Å². The molecule has 0 aliphatic heterocycles. The third kappa shape index (κ3) is 9.76. The molecule has 0 heterocycles. The Kier molecular flexibility index (Phi) is 15.7. The lowest BCUT2D eigenvalue weighted by Gasteiger charge is -2.28. The second kappa shape index (κ2) is 18.4. The van der Waals surface area contributed by atoms with E-state index in [0.29, 0.717) is 24.8 Å². The molecule has 7 nitrogen and oxygen atoms in total. The Morgan fingerprint density at radius 2 is 1.38 bits per heavy atom. The number of nitrogens with one attached hydrogen (secondary N) is 2. The summed E-state index contributed by atoms with van der Waals surface area (Å²) >= 11 is 0. The summed E-state index contributed by atoms with van der Waals surface area (Å²) in [6, 6.07) is 19.5. The number of fused-ring (bicyclic) bond motifs is 1. The third-order valence-electron chi connectivity index (χ3n) is 6.63. The number of amides is 1. The number of carbonyl (C=O) groups excluding carboxylic acids is 4. The van der Waals surface area contributed by atoms with Crippen molar-refractivity contribution in [1.82, 2.24) is 0 Å². The molecule has 39 heavy (non-hydrogen) atoms. The van der Waals surface area contributed by atoms with Crippen molar-refractivity contribution < 1.29 is 24.3 Å². The van der Waals surface area contributed by atoms with Crippen LogP contribution in [0.25, 0.3) is 10.8 Å². The lowest BCUT2D eigenvalue weighted by atomic mass is 9.90. The van der Waals surface area contributed by atoms with Crippen LogP contribution in [-0.4, -0.2) is 43.0 Å². The SMILES string of the molecule is C=O.C=O.CCCC(=O)CC[C@@H](CO)C(CCC)Nc1ccc(NC(=O)c2ccccc2C)c2ccccc12. The van der Waals surface area contributed by atoms with Gasteiger partial charge in [-0.2, -0.15) is 0 Å². The first kappa shape index (κ1) is 33.2. The van der Waals surface area contributed by atoms with E-state index in [1.165, 1.54) is 0 Å². The van der Waals surface area contributed by atoms with Gasteiger partial charge in [0, 0.05) is 59.1 Å². The van der Waals surface area contributed by atoms with E-state index in [9.17, 15) is 14.7 Å². The summed E-state index contributed by atoms with van der Waals surface area (Å²) in [4.78, 5) is 41.0. The number of hydrogen-bond donors (Lipinski definition) is 3. The molecule has 0 aliphatic carbocycles.